The van der Waals surface area contributed by atoms with E-state index in [2.05, 4.69) is 36.8 Å². The molecule has 1 unspecified atom stereocenters. The third-order valence-electron chi connectivity index (χ3n) is 4.38. The molecule has 7 heteroatoms. The number of likely N-dealkylation sites (tertiary alicyclic amines) is 1. The predicted octanol–water partition coefficient (Wildman–Crippen LogP) is 1.41. The van der Waals surface area contributed by atoms with Crippen LogP contribution < -0.4 is 10.6 Å². The van der Waals surface area contributed by atoms with Gasteiger partial charge in [-0.15, -0.1) is 0 Å². The van der Waals surface area contributed by atoms with Crippen LogP contribution in [0.25, 0.3) is 0 Å². The third-order valence-corrected chi connectivity index (χ3v) is 4.38. The molecule has 2 aromatic rings. The molecule has 0 aromatic carbocycles. The van der Waals surface area contributed by atoms with Gasteiger partial charge in [-0.1, -0.05) is 6.07 Å². The fraction of sp³-hybridized carbons (Fsp3) is 0.471. The van der Waals surface area contributed by atoms with E-state index in [0.29, 0.717) is 18.2 Å². The van der Waals surface area contributed by atoms with E-state index in [1.165, 1.54) is 5.56 Å². The van der Waals surface area contributed by atoms with Gasteiger partial charge in [0.1, 0.15) is 11.5 Å². The smallest absolute Gasteiger partial charge is 0.271 e. The summed E-state index contributed by atoms with van der Waals surface area (Å²) < 4.78 is 0. The first-order valence-corrected chi connectivity index (χ1v) is 8.30. The second-order valence-corrected chi connectivity index (χ2v) is 6.30. The van der Waals surface area contributed by atoms with Crippen molar-refractivity contribution in [2.24, 2.45) is 5.92 Å². The highest BCUT2D eigenvalue weighted by molar-refractivity contribution is 5.92. The minimum atomic E-state index is -0.109. The molecule has 2 aromatic heterocycles. The molecule has 1 aliphatic heterocycles. The SMILES string of the molecule is CNc1ncccc1CN1CCC(CNC(=O)c2cc(C)[nH]n2)C1. The van der Waals surface area contributed by atoms with Gasteiger partial charge in [-0.05, 0) is 37.9 Å². The topological polar surface area (TPSA) is 85.9 Å². The van der Waals surface area contributed by atoms with Gasteiger partial charge in [0.2, 0.25) is 0 Å². The Morgan fingerprint density at radius 3 is 3.12 bits per heavy atom. The number of pyridine rings is 1. The summed E-state index contributed by atoms with van der Waals surface area (Å²) in [5.74, 6) is 1.30. The summed E-state index contributed by atoms with van der Waals surface area (Å²) in [5.41, 5.74) is 2.55. The molecule has 3 heterocycles. The lowest BCUT2D eigenvalue weighted by Crippen LogP contribution is -2.31. The van der Waals surface area contributed by atoms with Crippen molar-refractivity contribution in [2.75, 3.05) is 32.0 Å². The van der Waals surface area contributed by atoms with Gasteiger partial charge in [0.15, 0.2) is 0 Å². The number of carbonyl (C=O) groups excluding carboxylic acids is 1. The lowest BCUT2D eigenvalue weighted by Gasteiger charge is -2.18. The van der Waals surface area contributed by atoms with Crippen molar-refractivity contribution in [1.82, 2.24) is 25.4 Å². The Balaban J connectivity index is 1.48. The van der Waals surface area contributed by atoms with Gasteiger partial charge in [0, 0.05) is 44.1 Å². The van der Waals surface area contributed by atoms with Gasteiger partial charge >= 0.3 is 0 Å². The molecule has 1 fully saturated rings. The number of nitrogens with one attached hydrogen (secondary N) is 3. The third kappa shape index (κ3) is 3.91. The van der Waals surface area contributed by atoms with Crippen molar-refractivity contribution in [3.8, 4) is 0 Å². The summed E-state index contributed by atoms with van der Waals surface area (Å²) in [5, 5.41) is 12.9. The van der Waals surface area contributed by atoms with E-state index < -0.39 is 0 Å². The second-order valence-electron chi connectivity index (χ2n) is 6.30. The van der Waals surface area contributed by atoms with E-state index in [0.717, 1.165) is 37.6 Å². The minimum absolute atomic E-state index is 0.109. The quantitative estimate of drug-likeness (QED) is 0.746. The normalized spacial score (nSPS) is 17.8. The van der Waals surface area contributed by atoms with Crippen LogP contribution in [0.5, 0.6) is 0 Å². The number of H-pyrrole nitrogens is 1. The van der Waals surface area contributed by atoms with E-state index in [1.807, 2.05) is 20.0 Å². The highest BCUT2D eigenvalue weighted by atomic mass is 16.1. The number of hydrogen-bond donors (Lipinski definition) is 3. The summed E-state index contributed by atoms with van der Waals surface area (Å²) in [6, 6.07) is 5.83. The van der Waals surface area contributed by atoms with Crippen LogP contribution in [0.3, 0.4) is 0 Å². The summed E-state index contributed by atoms with van der Waals surface area (Å²) in [6.07, 6.45) is 2.89. The maximum absolute atomic E-state index is 12.0. The summed E-state index contributed by atoms with van der Waals surface area (Å²) >= 11 is 0. The monoisotopic (exact) mass is 328 g/mol. The first-order chi connectivity index (χ1) is 11.7. The van der Waals surface area contributed by atoms with Gasteiger partial charge in [-0.3, -0.25) is 14.8 Å². The van der Waals surface area contributed by atoms with E-state index in [-0.39, 0.29) is 5.91 Å². The van der Waals surface area contributed by atoms with Gasteiger partial charge in [-0.25, -0.2) is 4.98 Å². The average molecular weight is 328 g/mol. The number of nitrogens with zero attached hydrogens (tertiary/aromatic N) is 3. The highest BCUT2D eigenvalue weighted by Crippen LogP contribution is 2.20. The molecule has 0 saturated carbocycles. The Kier molecular flexibility index (Phi) is 5.10. The Hall–Kier alpha value is -2.41. The van der Waals surface area contributed by atoms with Crippen LogP contribution in [0, 0.1) is 12.8 Å². The molecule has 1 saturated heterocycles. The zero-order chi connectivity index (χ0) is 16.9. The van der Waals surface area contributed by atoms with Crippen LogP contribution >= 0.6 is 0 Å². The van der Waals surface area contributed by atoms with Crippen molar-refractivity contribution < 1.29 is 4.79 Å². The molecule has 0 spiro atoms. The number of hydrogen-bond acceptors (Lipinski definition) is 5. The summed E-state index contributed by atoms with van der Waals surface area (Å²) in [4.78, 5) is 18.8. The van der Waals surface area contributed by atoms with Crippen LogP contribution in [-0.2, 0) is 6.54 Å². The number of carbonyl (C=O) groups is 1. The number of aryl methyl sites for hydroxylation is 1. The van der Waals surface area contributed by atoms with Gasteiger partial charge in [0.25, 0.3) is 5.91 Å². The molecule has 1 aliphatic rings. The molecule has 0 radical (unpaired) electrons. The lowest BCUT2D eigenvalue weighted by molar-refractivity contribution is 0.0942. The maximum Gasteiger partial charge on any atom is 0.271 e. The lowest BCUT2D eigenvalue weighted by atomic mass is 10.1. The zero-order valence-electron chi connectivity index (χ0n) is 14.2. The zero-order valence-corrected chi connectivity index (χ0v) is 14.2. The number of anilines is 1. The molecule has 1 atom stereocenters. The molecule has 7 nitrogen and oxygen atoms in total. The van der Waals surface area contributed by atoms with Crippen LogP contribution in [0.2, 0.25) is 0 Å². The molecule has 24 heavy (non-hydrogen) atoms. The van der Waals surface area contributed by atoms with Crippen molar-refractivity contribution in [3.05, 3.63) is 41.3 Å². The van der Waals surface area contributed by atoms with Crippen LogP contribution in [0.4, 0.5) is 5.82 Å². The number of rotatable bonds is 6. The van der Waals surface area contributed by atoms with E-state index >= 15 is 0 Å². The number of amides is 1. The van der Waals surface area contributed by atoms with E-state index in [9.17, 15) is 4.79 Å². The van der Waals surface area contributed by atoms with Crippen LogP contribution in [0.15, 0.2) is 24.4 Å². The van der Waals surface area contributed by atoms with Crippen molar-refractivity contribution in [1.29, 1.82) is 0 Å². The number of aromatic nitrogens is 3. The molecule has 0 aliphatic carbocycles. The largest absolute Gasteiger partial charge is 0.373 e. The van der Waals surface area contributed by atoms with Crippen LogP contribution in [-0.4, -0.2) is 52.7 Å². The fourth-order valence-corrected chi connectivity index (χ4v) is 3.12. The van der Waals surface area contributed by atoms with Gasteiger partial charge < -0.3 is 10.6 Å². The predicted molar refractivity (Wildman–Crippen MR) is 92.8 cm³/mol. The molecular formula is C17H24N6O. The van der Waals surface area contributed by atoms with Gasteiger partial charge in [0.05, 0.1) is 0 Å². The Bertz CT molecular complexity index is 698. The summed E-state index contributed by atoms with van der Waals surface area (Å²) in [7, 11) is 1.89. The Morgan fingerprint density at radius 2 is 2.38 bits per heavy atom. The molecule has 0 bridgehead atoms. The molecule has 1 amide bonds. The van der Waals surface area contributed by atoms with Crippen molar-refractivity contribution in [3.63, 3.8) is 0 Å². The van der Waals surface area contributed by atoms with E-state index in [1.54, 1.807) is 12.3 Å². The van der Waals surface area contributed by atoms with Crippen LogP contribution in [0.1, 0.15) is 28.2 Å². The average Bonchev–Trinajstić information content (AvgIpc) is 3.22. The molecule has 3 rings (SSSR count). The standard InChI is InChI=1S/C17H24N6O/c1-12-8-15(22-21-12)17(24)20-9-13-5-7-23(10-13)11-14-4-3-6-19-16(14)18-2/h3-4,6,8,13H,5,7,9-11H2,1-2H3,(H,18,19)(H,20,24)(H,21,22). The Morgan fingerprint density at radius 1 is 1.50 bits per heavy atom. The molecular weight excluding hydrogens is 304 g/mol. The highest BCUT2D eigenvalue weighted by Gasteiger charge is 2.24. The van der Waals surface area contributed by atoms with E-state index in [4.69, 9.17) is 0 Å². The molecule has 3 N–H and O–H groups in total. The van der Waals surface area contributed by atoms with Crippen molar-refractivity contribution >= 4 is 11.7 Å². The fourth-order valence-electron chi connectivity index (χ4n) is 3.12. The second kappa shape index (κ2) is 7.44. The first-order valence-electron chi connectivity index (χ1n) is 8.30. The first kappa shape index (κ1) is 16.4. The van der Waals surface area contributed by atoms with Gasteiger partial charge in [-0.2, -0.15) is 5.10 Å². The Labute approximate surface area is 141 Å². The molecule has 128 valence electrons. The van der Waals surface area contributed by atoms with Crippen molar-refractivity contribution in [2.45, 2.75) is 19.9 Å². The number of aromatic amines is 1. The minimum Gasteiger partial charge on any atom is -0.373 e. The maximum atomic E-state index is 12.0. The summed E-state index contributed by atoms with van der Waals surface area (Å²) in [6.45, 7) is 5.48.